The van der Waals surface area contributed by atoms with Gasteiger partial charge in [-0.05, 0) is 31.5 Å². The molecule has 8 heterocycles. The minimum atomic E-state index is -2.54. The molecule has 268 valence electrons. The van der Waals surface area contributed by atoms with Crippen LogP contribution in [0.5, 0.6) is 0 Å². The van der Waals surface area contributed by atoms with Gasteiger partial charge in [-0.3, -0.25) is 29.0 Å². The first-order chi connectivity index (χ1) is 23.5. The van der Waals surface area contributed by atoms with E-state index in [2.05, 4.69) is 6.55 Å². The zero-order valence-electron chi connectivity index (χ0n) is 28.3. The summed E-state index contributed by atoms with van der Waals surface area (Å²) in [5.74, 6) is -2.77. The molecule has 4 bridgehead atoms. The fourth-order valence-corrected chi connectivity index (χ4v) is 15.8. The average molecular weight is 717 g/mol. The zero-order valence-corrected chi connectivity index (χ0v) is 30.5. The molecule has 0 aliphatic carbocycles. The molecule has 13 nitrogen and oxygen atoms in total. The quantitative estimate of drug-likeness (QED) is 0.0936. The summed E-state index contributed by atoms with van der Waals surface area (Å²) in [6.45, 7) is 7.20. The van der Waals surface area contributed by atoms with Gasteiger partial charge in [0.2, 0.25) is 23.6 Å². The van der Waals surface area contributed by atoms with E-state index in [1.54, 1.807) is 0 Å². The van der Waals surface area contributed by atoms with E-state index < -0.39 is 58.1 Å². The van der Waals surface area contributed by atoms with Crippen LogP contribution in [0, 0.1) is 23.7 Å². The van der Waals surface area contributed by atoms with Crippen LogP contribution in [-0.4, -0.2) is 137 Å². The maximum absolute atomic E-state index is 13.5. The Balaban J connectivity index is 0.761. The Bertz CT molecular complexity index is 1430. The largest absolute Gasteiger partial charge is 0.432 e. The van der Waals surface area contributed by atoms with Crippen molar-refractivity contribution in [3.63, 3.8) is 0 Å². The van der Waals surface area contributed by atoms with Gasteiger partial charge in [0, 0.05) is 28.3 Å². The maximum Gasteiger partial charge on any atom is 0.236 e. The molecular weight excluding hydrogens is 669 g/mol. The third-order valence-electron chi connectivity index (χ3n) is 12.0. The number of ether oxygens (including phenoxy) is 6. The van der Waals surface area contributed by atoms with E-state index in [0.717, 1.165) is 31.0 Å². The van der Waals surface area contributed by atoms with Gasteiger partial charge in [0.1, 0.15) is 17.3 Å². The van der Waals surface area contributed by atoms with Crippen molar-refractivity contribution in [3.8, 4) is 0 Å². The molecule has 0 aromatic heterocycles. The van der Waals surface area contributed by atoms with Crippen molar-refractivity contribution in [1.82, 2.24) is 9.80 Å². The molecule has 6 saturated heterocycles. The fourth-order valence-electron chi connectivity index (χ4n) is 9.02. The van der Waals surface area contributed by atoms with Gasteiger partial charge < -0.3 is 33.2 Å². The number of amides is 4. The molecule has 0 radical (unpaired) electrons. The molecule has 4 amide bonds. The van der Waals surface area contributed by atoms with Crippen molar-refractivity contribution >= 4 is 40.7 Å². The minimum Gasteiger partial charge on any atom is -0.432 e. The van der Waals surface area contributed by atoms with Gasteiger partial charge in [-0.2, -0.15) is 0 Å². The molecule has 0 aromatic carbocycles. The molecule has 0 spiro atoms. The molecule has 12 atom stereocenters. The summed E-state index contributed by atoms with van der Waals surface area (Å²) >= 11 is 0. The predicted molar refractivity (Wildman–Crippen MR) is 177 cm³/mol. The predicted octanol–water partition coefficient (Wildman–Crippen LogP) is 0.987. The monoisotopic (exact) mass is 716 g/mol. The number of carbonyl (C=O) groups is 4. The van der Waals surface area contributed by atoms with E-state index in [1.807, 2.05) is 30.9 Å². The Morgan fingerprint density at radius 1 is 0.878 bits per heavy atom. The molecule has 8 aliphatic rings. The molecule has 1 N–H and O–H groups in total. The minimum absolute atomic E-state index is 0.108. The first-order valence-corrected chi connectivity index (χ1v) is 23.8. The Hall–Kier alpha value is -2.09. The highest BCUT2D eigenvalue weighted by molar-refractivity contribution is 6.73. The molecule has 8 aliphatic heterocycles. The van der Waals surface area contributed by atoms with Crippen LogP contribution >= 0.6 is 0 Å². The van der Waals surface area contributed by atoms with Crippen LogP contribution in [0.4, 0.5) is 0 Å². The van der Waals surface area contributed by atoms with Crippen LogP contribution in [0.1, 0.15) is 19.3 Å². The molecule has 6 fully saturated rings. The second-order valence-electron chi connectivity index (χ2n) is 15.7. The molecule has 0 aromatic rings. The lowest BCUT2D eigenvalue weighted by atomic mass is 9.77. The molecule has 12 unspecified atom stereocenters. The Labute approximate surface area is 288 Å². The highest BCUT2D eigenvalue weighted by Crippen LogP contribution is 2.53. The Morgan fingerprint density at radius 2 is 1.47 bits per heavy atom. The van der Waals surface area contributed by atoms with Gasteiger partial charge in [0.15, 0.2) is 14.6 Å². The summed E-state index contributed by atoms with van der Waals surface area (Å²) in [5.41, 5.74) is -1.79. The Kier molecular flexibility index (Phi) is 8.92. The van der Waals surface area contributed by atoms with Gasteiger partial charge in [0.25, 0.3) is 0 Å². The number of carbonyl (C=O) groups excluding carboxylic acids is 4. The summed E-state index contributed by atoms with van der Waals surface area (Å²) in [6, 6.07) is 3.32. The number of rotatable bonds is 18. The number of nitrogens with zero attached hydrogens (tertiary/aromatic N) is 2. The number of fused-ring (bicyclic) bond motifs is 10. The number of likely N-dealkylation sites (tertiary alicyclic amines) is 2. The first-order valence-electron chi connectivity index (χ1n) is 18.1. The topological polar surface area (TPSA) is 154 Å². The maximum atomic E-state index is 13.5. The lowest BCUT2D eigenvalue weighted by Gasteiger charge is -2.33. The van der Waals surface area contributed by atoms with Gasteiger partial charge in [-0.25, -0.2) is 0 Å². The van der Waals surface area contributed by atoms with E-state index in [1.165, 1.54) is 9.80 Å². The van der Waals surface area contributed by atoms with Gasteiger partial charge in [0.05, 0.1) is 68.9 Å². The zero-order chi connectivity index (χ0) is 34.1. The van der Waals surface area contributed by atoms with Crippen LogP contribution in [0.15, 0.2) is 24.3 Å². The van der Waals surface area contributed by atoms with Gasteiger partial charge >= 0.3 is 0 Å². The lowest BCUT2D eigenvalue weighted by molar-refractivity contribution is -0.233. The molecule has 0 saturated carbocycles. The number of hydrogen-bond acceptors (Lipinski definition) is 11. The third kappa shape index (κ3) is 6.06. The second-order valence-corrected chi connectivity index (χ2v) is 23.1. The summed E-state index contributed by atoms with van der Waals surface area (Å²) in [4.78, 5) is 67.8. The standard InChI is InChI=1S/C34H48N2O11Si2/c1-48(13-3-10-35-29(37)26-23-6-9-34(47-23,28(26)32(35)40)20-45-24-7-12-43-24)14-16-49(2,41)15-4-11-36-30(38)25-22-5-8-33(46-22,27(25)31(36)39)19-42-17-21-18-44-21/h5-6,8-9,21-28,41,48H,3-4,7,10-20H2,1-2H3. The van der Waals surface area contributed by atoms with Crippen molar-refractivity contribution in [1.29, 1.82) is 0 Å². The summed E-state index contributed by atoms with van der Waals surface area (Å²) in [5, 5.41) is 0. The van der Waals surface area contributed by atoms with E-state index in [9.17, 15) is 24.0 Å². The van der Waals surface area contributed by atoms with Crippen molar-refractivity contribution < 1.29 is 52.4 Å². The number of epoxide rings is 1. The molecule has 8 rings (SSSR count). The van der Waals surface area contributed by atoms with Crippen LogP contribution in [0.2, 0.25) is 37.3 Å². The Morgan fingerprint density at radius 3 is 2.04 bits per heavy atom. The van der Waals surface area contributed by atoms with Crippen LogP contribution in [-0.2, 0) is 47.6 Å². The normalized spacial score (nSPS) is 41.2. The SMILES string of the molecule is C[SiH](CCCN1C(=O)C2C3C=CC(COC4CCO4)(O3)C2C1=O)CC[Si](C)(O)CCCN1C(=O)C2C3C=CC(COCC4CO4)(O3)C2C1=O. The number of hydrogen-bond donors (Lipinski definition) is 1. The average Bonchev–Trinajstić information content (AvgIpc) is 3.37. The van der Waals surface area contributed by atoms with Gasteiger partial charge in [-0.15, -0.1) is 0 Å². The molecular formula is C34H48N2O11Si2. The van der Waals surface area contributed by atoms with Crippen molar-refractivity contribution in [2.75, 3.05) is 46.1 Å². The van der Waals surface area contributed by atoms with E-state index in [4.69, 9.17) is 28.4 Å². The van der Waals surface area contributed by atoms with Crippen molar-refractivity contribution in [2.45, 2.75) is 92.3 Å². The van der Waals surface area contributed by atoms with Crippen LogP contribution in [0.3, 0.4) is 0 Å². The van der Waals surface area contributed by atoms with Crippen LogP contribution < -0.4 is 0 Å². The summed E-state index contributed by atoms with van der Waals surface area (Å²) in [7, 11) is -3.74. The lowest BCUT2D eigenvalue weighted by Crippen LogP contribution is -2.46. The summed E-state index contributed by atoms with van der Waals surface area (Å²) < 4.78 is 34.5. The molecule has 49 heavy (non-hydrogen) atoms. The van der Waals surface area contributed by atoms with Crippen molar-refractivity contribution in [3.05, 3.63) is 24.3 Å². The van der Waals surface area contributed by atoms with Crippen molar-refractivity contribution in [2.24, 2.45) is 23.7 Å². The smallest absolute Gasteiger partial charge is 0.236 e. The first kappa shape index (κ1) is 34.0. The van der Waals surface area contributed by atoms with E-state index in [-0.39, 0.29) is 55.3 Å². The fraction of sp³-hybridized carbons (Fsp3) is 0.765. The second kappa shape index (κ2) is 12.8. The highest BCUT2D eigenvalue weighted by atomic mass is 28.4. The summed E-state index contributed by atoms with van der Waals surface area (Å²) in [6.07, 6.45) is 8.78. The third-order valence-corrected chi connectivity index (χ3v) is 18.1. The molecule has 15 heteroatoms. The van der Waals surface area contributed by atoms with Crippen LogP contribution in [0.25, 0.3) is 0 Å². The van der Waals surface area contributed by atoms with Gasteiger partial charge in [-0.1, -0.05) is 42.9 Å². The highest BCUT2D eigenvalue weighted by Gasteiger charge is 2.69. The number of imide groups is 2. The van der Waals surface area contributed by atoms with E-state index >= 15 is 0 Å². The van der Waals surface area contributed by atoms with E-state index in [0.29, 0.717) is 45.4 Å².